The zero-order chi connectivity index (χ0) is 24.7. The van der Waals surface area contributed by atoms with Gasteiger partial charge in [0.1, 0.15) is 17.3 Å². The van der Waals surface area contributed by atoms with Crippen LogP contribution in [-0.4, -0.2) is 44.4 Å². The van der Waals surface area contributed by atoms with Crippen molar-refractivity contribution >= 4 is 11.6 Å². The third-order valence-electron chi connectivity index (χ3n) is 6.81. The Balaban J connectivity index is 1.61. The second-order valence-corrected chi connectivity index (χ2v) is 8.57. The van der Waals surface area contributed by atoms with Gasteiger partial charge in [-0.05, 0) is 36.1 Å². The number of carbonyl (C=O) groups excluding carboxylic acids is 1. The SMILES string of the molecule is COc1ccc(C2C3=C(CC(c4ccc(OC)c(OC)c4)CC3=O)Nc3[nH][nH]c(=O)c32)c(OC)c1. The number of Topliss-reactive ketones (excluding diaryl/α,β-unsaturated/α-hetero) is 1. The molecule has 9 heteroatoms. The van der Waals surface area contributed by atoms with E-state index in [9.17, 15) is 9.59 Å². The lowest BCUT2D eigenvalue weighted by Gasteiger charge is -2.35. The number of fused-ring (bicyclic) bond motifs is 1. The fourth-order valence-corrected chi connectivity index (χ4v) is 5.13. The van der Waals surface area contributed by atoms with Gasteiger partial charge in [0.05, 0.1) is 39.9 Å². The zero-order valence-corrected chi connectivity index (χ0v) is 20.0. The summed E-state index contributed by atoms with van der Waals surface area (Å²) in [5.41, 5.74) is 3.26. The Hall–Kier alpha value is -4.14. The molecule has 1 aliphatic carbocycles. The number of hydrogen-bond acceptors (Lipinski definition) is 7. The number of aromatic nitrogens is 2. The molecule has 0 spiro atoms. The van der Waals surface area contributed by atoms with Gasteiger partial charge in [0, 0.05) is 29.3 Å². The zero-order valence-electron chi connectivity index (χ0n) is 20.0. The van der Waals surface area contributed by atoms with E-state index in [0.29, 0.717) is 52.8 Å². The number of methoxy groups -OCH3 is 4. The largest absolute Gasteiger partial charge is 0.497 e. The lowest BCUT2D eigenvalue weighted by molar-refractivity contribution is -0.116. The number of anilines is 1. The van der Waals surface area contributed by atoms with Gasteiger partial charge in [0.15, 0.2) is 17.3 Å². The van der Waals surface area contributed by atoms with Crippen molar-refractivity contribution in [1.29, 1.82) is 0 Å². The van der Waals surface area contributed by atoms with Crippen molar-refractivity contribution in [1.82, 2.24) is 10.2 Å². The maximum Gasteiger partial charge on any atom is 0.270 e. The molecule has 3 aromatic rings. The maximum atomic E-state index is 13.7. The molecule has 2 aliphatic rings. The van der Waals surface area contributed by atoms with Crippen LogP contribution in [0.2, 0.25) is 0 Å². The molecule has 0 radical (unpaired) electrons. The summed E-state index contributed by atoms with van der Waals surface area (Å²) in [6.07, 6.45) is 0.904. The van der Waals surface area contributed by atoms with E-state index in [0.717, 1.165) is 16.8 Å². The van der Waals surface area contributed by atoms with Crippen LogP contribution >= 0.6 is 0 Å². The van der Waals surface area contributed by atoms with Gasteiger partial charge in [-0.3, -0.25) is 19.8 Å². The lowest BCUT2D eigenvalue weighted by atomic mass is 9.72. The molecule has 1 aliphatic heterocycles. The number of benzene rings is 2. The molecule has 0 bridgehead atoms. The molecular formula is C26H27N3O6. The van der Waals surface area contributed by atoms with Gasteiger partial charge in [-0.15, -0.1) is 0 Å². The van der Waals surface area contributed by atoms with Crippen LogP contribution in [0.1, 0.15) is 41.4 Å². The van der Waals surface area contributed by atoms with Crippen molar-refractivity contribution in [2.75, 3.05) is 33.8 Å². The Morgan fingerprint density at radius 3 is 2.29 bits per heavy atom. The van der Waals surface area contributed by atoms with Crippen LogP contribution in [0.5, 0.6) is 23.0 Å². The molecule has 3 N–H and O–H groups in total. The van der Waals surface area contributed by atoms with Crippen LogP contribution in [0.25, 0.3) is 0 Å². The summed E-state index contributed by atoms with van der Waals surface area (Å²) in [6, 6.07) is 11.1. The molecule has 5 rings (SSSR count). The fourth-order valence-electron chi connectivity index (χ4n) is 5.13. The number of allylic oxidation sites excluding steroid dienone is 2. The van der Waals surface area contributed by atoms with Gasteiger partial charge in [-0.2, -0.15) is 0 Å². The third-order valence-corrected chi connectivity index (χ3v) is 6.81. The van der Waals surface area contributed by atoms with Gasteiger partial charge in [-0.25, -0.2) is 0 Å². The van der Waals surface area contributed by atoms with Crippen molar-refractivity contribution in [3.63, 3.8) is 0 Å². The Morgan fingerprint density at radius 2 is 1.57 bits per heavy atom. The Labute approximate surface area is 202 Å². The highest BCUT2D eigenvalue weighted by molar-refractivity contribution is 6.01. The van der Waals surface area contributed by atoms with E-state index in [-0.39, 0.29) is 17.3 Å². The fraction of sp³-hybridized carbons (Fsp3) is 0.308. The number of rotatable bonds is 6. The highest BCUT2D eigenvalue weighted by Crippen LogP contribution is 2.49. The minimum Gasteiger partial charge on any atom is -0.497 e. The van der Waals surface area contributed by atoms with Crippen molar-refractivity contribution in [3.8, 4) is 23.0 Å². The van der Waals surface area contributed by atoms with E-state index in [4.69, 9.17) is 18.9 Å². The molecule has 0 fully saturated rings. The van der Waals surface area contributed by atoms with Crippen LogP contribution in [0.3, 0.4) is 0 Å². The van der Waals surface area contributed by atoms with Crippen LogP contribution < -0.4 is 29.8 Å². The third kappa shape index (κ3) is 3.73. The summed E-state index contributed by atoms with van der Waals surface area (Å²) in [5, 5.41) is 8.89. The van der Waals surface area contributed by atoms with E-state index in [1.165, 1.54) is 0 Å². The first kappa shape index (κ1) is 22.6. The Bertz CT molecular complexity index is 1390. The second kappa shape index (κ2) is 8.90. The van der Waals surface area contributed by atoms with Gasteiger partial charge < -0.3 is 24.3 Å². The Morgan fingerprint density at radius 1 is 0.800 bits per heavy atom. The first-order chi connectivity index (χ1) is 17.0. The second-order valence-electron chi connectivity index (χ2n) is 8.57. The molecule has 0 amide bonds. The van der Waals surface area contributed by atoms with Crippen LogP contribution in [0, 0.1) is 0 Å². The number of nitrogens with one attached hydrogen (secondary N) is 3. The highest BCUT2D eigenvalue weighted by atomic mass is 16.5. The molecule has 35 heavy (non-hydrogen) atoms. The van der Waals surface area contributed by atoms with Crippen LogP contribution in [-0.2, 0) is 4.79 Å². The summed E-state index contributed by atoms with van der Waals surface area (Å²) < 4.78 is 21.8. The number of H-pyrrole nitrogens is 2. The van der Waals surface area contributed by atoms with Crippen LogP contribution in [0.15, 0.2) is 52.5 Å². The van der Waals surface area contributed by atoms with E-state index in [1.54, 1.807) is 40.6 Å². The average molecular weight is 478 g/mol. The molecule has 2 aromatic carbocycles. The molecule has 2 unspecified atom stereocenters. The molecule has 2 atom stereocenters. The Kier molecular flexibility index (Phi) is 5.76. The lowest BCUT2D eigenvalue weighted by Crippen LogP contribution is -2.31. The van der Waals surface area contributed by atoms with Gasteiger partial charge in [0.25, 0.3) is 5.56 Å². The number of hydrogen-bond donors (Lipinski definition) is 3. The molecule has 0 saturated carbocycles. The molecular weight excluding hydrogens is 450 g/mol. The predicted molar refractivity (Wildman–Crippen MR) is 130 cm³/mol. The normalized spacial score (nSPS) is 18.9. The van der Waals surface area contributed by atoms with Gasteiger partial charge in [0.2, 0.25) is 0 Å². The average Bonchev–Trinajstić information content (AvgIpc) is 3.26. The van der Waals surface area contributed by atoms with E-state index in [2.05, 4.69) is 15.5 Å². The molecule has 0 saturated heterocycles. The first-order valence-electron chi connectivity index (χ1n) is 11.3. The number of ether oxygens (including phenoxy) is 4. The highest BCUT2D eigenvalue weighted by Gasteiger charge is 2.41. The predicted octanol–water partition coefficient (Wildman–Crippen LogP) is 3.70. The van der Waals surface area contributed by atoms with Gasteiger partial charge >= 0.3 is 0 Å². The molecule has 182 valence electrons. The van der Waals surface area contributed by atoms with Gasteiger partial charge in [-0.1, -0.05) is 12.1 Å². The summed E-state index contributed by atoms with van der Waals surface area (Å²) in [5.74, 6) is 2.33. The van der Waals surface area contributed by atoms with Crippen molar-refractivity contribution in [3.05, 3.63) is 74.7 Å². The quantitative estimate of drug-likeness (QED) is 0.496. The minimum absolute atomic E-state index is 0.0207. The number of aromatic amines is 2. The minimum atomic E-state index is -0.573. The van der Waals surface area contributed by atoms with E-state index in [1.807, 2.05) is 24.3 Å². The summed E-state index contributed by atoms with van der Waals surface area (Å²) >= 11 is 0. The topological polar surface area (TPSA) is 115 Å². The first-order valence-corrected chi connectivity index (χ1v) is 11.3. The molecule has 1 aromatic heterocycles. The molecule has 9 nitrogen and oxygen atoms in total. The van der Waals surface area contributed by atoms with Crippen LogP contribution in [0.4, 0.5) is 5.82 Å². The van der Waals surface area contributed by atoms with E-state index < -0.39 is 5.92 Å². The van der Waals surface area contributed by atoms with Crippen molar-refractivity contribution < 1.29 is 23.7 Å². The monoisotopic (exact) mass is 477 g/mol. The standard InChI is InChI=1S/C26H27N3O6/c1-32-15-6-7-16(20(12-15)34-3)22-23-17(27-25-24(22)26(31)29-28-25)9-14(10-18(23)30)13-5-8-19(33-2)21(11-13)35-4/h5-8,11-12,14,22H,9-10H2,1-4H3,(H3,27,28,29,31). The van der Waals surface area contributed by atoms with Crippen molar-refractivity contribution in [2.24, 2.45) is 0 Å². The van der Waals surface area contributed by atoms with E-state index >= 15 is 0 Å². The summed E-state index contributed by atoms with van der Waals surface area (Å²) in [6.45, 7) is 0. The van der Waals surface area contributed by atoms with Crippen molar-refractivity contribution in [2.45, 2.75) is 24.7 Å². The summed E-state index contributed by atoms with van der Waals surface area (Å²) in [7, 11) is 6.32. The molecule has 2 heterocycles. The smallest absolute Gasteiger partial charge is 0.270 e. The maximum absolute atomic E-state index is 13.7. The number of ketones is 1. The number of carbonyl (C=O) groups is 1. The summed E-state index contributed by atoms with van der Waals surface area (Å²) in [4.78, 5) is 26.5.